The van der Waals surface area contributed by atoms with Gasteiger partial charge in [-0.15, -0.1) is 0 Å². The van der Waals surface area contributed by atoms with Gasteiger partial charge in [-0.1, -0.05) is 41.2 Å². The van der Waals surface area contributed by atoms with Crippen LogP contribution in [0.3, 0.4) is 0 Å². The molecular weight excluding hydrogens is 401 g/mol. The van der Waals surface area contributed by atoms with Gasteiger partial charge < -0.3 is 9.94 Å². The Morgan fingerprint density at radius 2 is 1.93 bits per heavy atom. The van der Waals surface area contributed by atoms with Crippen molar-refractivity contribution in [1.82, 2.24) is 4.90 Å². The molecule has 0 aromatic heterocycles. The van der Waals surface area contributed by atoms with Crippen LogP contribution in [-0.2, 0) is 10.3 Å². The molecule has 1 aliphatic heterocycles. The molecule has 0 saturated carbocycles. The van der Waals surface area contributed by atoms with Gasteiger partial charge in [0.25, 0.3) is 0 Å². The second-order valence-corrected chi connectivity index (χ2v) is 8.26. The summed E-state index contributed by atoms with van der Waals surface area (Å²) in [4.78, 5) is 3.38. The Hall–Kier alpha value is -2.03. The molecule has 1 fully saturated rings. The highest BCUT2D eigenvalue weighted by molar-refractivity contribution is 7.99. The zero-order valence-electron chi connectivity index (χ0n) is 16.2. The number of halogens is 3. The zero-order chi connectivity index (χ0) is 21.1. The van der Waals surface area contributed by atoms with Crippen LogP contribution in [0.15, 0.2) is 63.5 Å². The standard InChI is InChI=1S/C21H23F3N2O2S/c1-15(25-27)16-6-8-18(9-7-16)29-19-5-3-4-17(12-19)20(28-2)10-11-26(13-20)14-21(22,23)24/h3-9,12,27H,10-11,13-14H2,1-2H3. The molecule has 1 unspecified atom stereocenters. The quantitative estimate of drug-likeness (QED) is 0.396. The van der Waals surface area contributed by atoms with Crippen LogP contribution in [0.5, 0.6) is 0 Å². The van der Waals surface area contributed by atoms with Gasteiger partial charge in [0.05, 0.1) is 12.3 Å². The molecule has 0 radical (unpaired) electrons. The Morgan fingerprint density at radius 1 is 1.21 bits per heavy atom. The molecule has 8 heteroatoms. The number of likely N-dealkylation sites (tertiary alicyclic amines) is 1. The molecule has 29 heavy (non-hydrogen) atoms. The highest BCUT2D eigenvalue weighted by Crippen LogP contribution is 2.39. The zero-order valence-corrected chi connectivity index (χ0v) is 17.1. The first kappa shape index (κ1) is 21.7. The summed E-state index contributed by atoms with van der Waals surface area (Å²) in [5.41, 5.74) is 1.52. The van der Waals surface area contributed by atoms with Crippen molar-refractivity contribution in [3.8, 4) is 0 Å². The van der Waals surface area contributed by atoms with Gasteiger partial charge in [-0.2, -0.15) is 13.2 Å². The molecular formula is C21H23F3N2O2S. The monoisotopic (exact) mass is 424 g/mol. The molecule has 1 saturated heterocycles. The summed E-state index contributed by atoms with van der Waals surface area (Å²) < 4.78 is 44.0. The van der Waals surface area contributed by atoms with Crippen LogP contribution in [0.1, 0.15) is 24.5 Å². The lowest BCUT2D eigenvalue weighted by atomic mass is 9.93. The molecule has 1 atom stereocenters. The van der Waals surface area contributed by atoms with Gasteiger partial charge in [0.15, 0.2) is 0 Å². The van der Waals surface area contributed by atoms with E-state index in [1.165, 1.54) is 4.90 Å². The summed E-state index contributed by atoms with van der Waals surface area (Å²) in [6.07, 6.45) is -3.70. The van der Waals surface area contributed by atoms with E-state index in [-0.39, 0.29) is 6.54 Å². The third-order valence-electron chi connectivity index (χ3n) is 5.12. The minimum Gasteiger partial charge on any atom is -0.411 e. The minimum atomic E-state index is -4.22. The van der Waals surface area contributed by atoms with E-state index < -0.39 is 18.3 Å². The molecule has 0 amide bonds. The second kappa shape index (κ2) is 8.77. The maximum atomic E-state index is 12.8. The molecule has 3 rings (SSSR count). The molecule has 0 aliphatic carbocycles. The maximum Gasteiger partial charge on any atom is 0.401 e. The van der Waals surface area contributed by atoms with Gasteiger partial charge in [-0.05, 0) is 48.7 Å². The highest BCUT2D eigenvalue weighted by atomic mass is 32.2. The van der Waals surface area contributed by atoms with Gasteiger partial charge in [-0.25, -0.2) is 0 Å². The van der Waals surface area contributed by atoms with Crippen LogP contribution in [0.2, 0.25) is 0 Å². The number of ether oxygens (including phenoxy) is 1. The fourth-order valence-electron chi connectivity index (χ4n) is 3.57. The van der Waals surface area contributed by atoms with Crippen molar-refractivity contribution in [2.24, 2.45) is 5.16 Å². The number of alkyl halides is 3. The topological polar surface area (TPSA) is 45.1 Å². The van der Waals surface area contributed by atoms with Crippen molar-refractivity contribution in [2.75, 3.05) is 26.7 Å². The van der Waals surface area contributed by atoms with Gasteiger partial charge in [-0.3, -0.25) is 4.90 Å². The van der Waals surface area contributed by atoms with Gasteiger partial charge in [0.2, 0.25) is 0 Å². The Kier molecular flexibility index (Phi) is 6.55. The lowest BCUT2D eigenvalue weighted by Crippen LogP contribution is -2.37. The predicted octanol–water partition coefficient (Wildman–Crippen LogP) is 5.15. The van der Waals surface area contributed by atoms with E-state index in [0.29, 0.717) is 18.7 Å². The molecule has 2 aromatic carbocycles. The van der Waals surface area contributed by atoms with Crippen molar-refractivity contribution in [3.63, 3.8) is 0 Å². The molecule has 0 spiro atoms. The van der Waals surface area contributed by atoms with Crippen LogP contribution in [0.4, 0.5) is 13.2 Å². The Bertz CT molecular complexity index is 871. The minimum absolute atomic E-state index is 0.214. The number of nitrogens with zero attached hydrogens (tertiary/aromatic N) is 2. The summed E-state index contributed by atoms with van der Waals surface area (Å²) >= 11 is 1.56. The van der Waals surface area contributed by atoms with Gasteiger partial charge in [0, 0.05) is 30.0 Å². The third kappa shape index (κ3) is 5.32. The van der Waals surface area contributed by atoms with E-state index in [9.17, 15) is 13.2 Å². The van der Waals surface area contributed by atoms with Gasteiger partial charge in [0.1, 0.15) is 5.60 Å². The summed E-state index contributed by atoms with van der Waals surface area (Å²) in [7, 11) is 1.56. The molecule has 4 nitrogen and oxygen atoms in total. The number of rotatable bonds is 6. The van der Waals surface area contributed by atoms with Crippen molar-refractivity contribution >= 4 is 17.5 Å². The number of oxime groups is 1. The first-order valence-corrected chi connectivity index (χ1v) is 9.98. The molecule has 1 N–H and O–H groups in total. The summed E-state index contributed by atoms with van der Waals surface area (Å²) in [5.74, 6) is 0. The largest absolute Gasteiger partial charge is 0.411 e. The van der Waals surface area contributed by atoms with Crippen molar-refractivity contribution in [3.05, 3.63) is 59.7 Å². The summed E-state index contributed by atoms with van der Waals surface area (Å²) in [6, 6.07) is 15.4. The van der Waals surface area contributed by atoms with E-state index in [1.807, 2.05) is 48.5 Å². The first-order valence-electron chi connectivity index (χ1n) is 9.16. The van der Waals surface area contributed by atoms with Crippen LogP contribution in [0.25, 0.3) is 0 Å². The van der Waals surface area contributed by atoms with Crippen molar-refractivity contribution in [2.45, 2.75) is 34.9 Å². The third-order valence-corrected chi connectivity index (χ3v) is 6.12. The summed E-state index contributed by atoms with van der Waals surface area (Å²) in [5, 5.41) is 12.1. The van der Waals surface area contributed by atoms with E-state index in [4.69, 9.17) is 9.94 Å². The van der Waals surface area contributed by atoms with Crippen LogP contribution < -0.4 is 0 Å². The van der Waals surface area contributed by atoms with Crippen LogP contribution in [-0.4, -0.2) is 48.7 Å². The van der Waals surface area contributed by atoms with Crippen LogP contribution >= 0.6 is 11.8 Å². The highest BCUT2D eigenvalue weighted by Gasteiger charge is 2.43. The molecule has 1 heterocycles. The van der Waals surface area contributed by atoms with Crippen LogP contribution in [0, 0.1) is 0 Å². The average molecular weight is 424 g/mol. The molecule has 156 valence electrons. The predicted molar refractivity (Wildman–Crippen MR) is 107 cm³/mol. The maximum absolute atomic E-state index is 12.8. The Morgan fingerprint density at radius 3 is 2.55 bits per heavy atom. The van der Waals surface area contributed by atoms with Crippen molar-refractivity contribution < 1.29 is 23.1 Å². The molecule has 2 aromatic rings. The lowest BCUT2D eigenvalue weighted by Gasteiger charge is -2.29. The first-order chi connectivity index (χ1) is 13.7. The van der Waals surface area contributed by atoms with E-state index in [1.54, 1.807) is 25.8 Å². The fourth-order valence-corrected chi connectivity index (χ4v) is 4.44. The van der Waals surface area contributed by atoms with E-state index >= 15 is 0 Å². The normalized spacial score (nSPS) is 20.9. The number of hydrogen-bond donors (Lipinski definition) is 1. The second-order valence-electron chi connectivity index (χ2n) is 7.11. The van der Waals surface area contributed by atoms with Gasteiger partial charge >= 0.3 is 6.18 Å². The summed E-state index contributed by atoms with van der Waals surface area (Å²) in [6.45, 7) is 1.36. The average Bonchev–Trinajstić information content (AvgIpc) is 3.11. The molecule has 1 aliphatic rings. The van der Waals surface area contributed by atoms with Crippen molar-refractivity contribution in [1.29, 1.82) is 0 Å². The SMILES string of the molecule is COC1(c2cccc(Sc3ccc(C(C)=NO)cc3)c2)CCN(CC(F)(F)F)C1. The van der Waals surface area contributed by atoms with E-state index in [0.717, 1.165) is 20.9 Å². The number of hydrogen-bond acceptors (Lipinski definition) is 5. The Labute approximate surface area is 172 Å². The number of benzene rings is 2. The Balaban J connectivity index is 1.76. The fraction of sp³-hybridized carbons (Fsp3) is 0.381. The number of methoxy groups -OCH3 is 1. The lowest BCUT2D eigenvalue weighted by molar-refractivity contribution is -0.146. The van der Waals surface area contributed by atoms with E-state index in [2.05, 4.69) is 5.16 Å². The molecule has 0 bridgehead atoms. The smallest absolute Gasteiger partial charge is 0.401 e.